The van der Waals surface area contributed by atoms with E-state index in [0.717, 1.165) is 4.68 Å². The van der Waals surface area contributed by atoms with Crippen LogP contribution in [0, 0.1) is 5.82 Å². The molecule has 0 radical (unpaired) electrons. The van der Waals surface area contributed by atoms with Crippen LogP contribution in [0.25, 0.3) is 15.9 Å². The molecule has 202 valence electrons. The van der Waals surface area contributed by atoms with Crippen molar-refractivity contribution >= 4 is 28.2 Å². The fourth-order valence-electron chi connectivity index (χ4n) is 3.18. The van der Waals surface area contributed by atoms with Crippen molar-refractivity contribution < 1.29 is 36.2 Å². The highest BCUT2D eigenvalue weighted by atomic mass is 32.1. The van der Waals surface area contributed by atoms with Gasteiger partial charge in [-0.1, -0.05) is 12.1 Å². The first kappa shape index (κ1) is 28.4. The number of carbonyl (C=O) groups is 1. The second kappa shape index (κ2) is 11.5. The summed E-state index contributed by atoms with van der Waals surface area (Å²) in [7, 11) is 0. The van der Waals surface area contributed by atoms with Crippen LogP contribution in [0.5, 0.6) is 0 Å². The molecule has 0 amide bonds. The number of thiophene rings is 1. The summed E-state index contributed by atoms with van der Waals surface area (Å²) in [5.74, 6) is -3.28. The van der Waals surface area contributed by atoms with Crippen LogP contribution in [0.15, 0.2) is 70.0 Å². The number of nitrogens with zero attached hydrogens (tertiary/aromatic N) is 4. The van der Waals surface area contributed by atoms with E-state index < -0.39 is 36.3 Å². The lowest BCUT2D eigenvalue weighted by atomic mass is 10.2. The number of pyridine rings is 1. The van der Waals surface area contributed by atoms with Crippen molar-refractivity contribution in [1.29, 1.82) is 0 Å². The predicted octanol–water partition coefficient (Wildman–Crippen LogP) is 3.34. The molecule has 3 aromatic heterocycles. The number of nitrogens with two attached hydrogens (primary N) is 1. The summed E-state index contributed by atoms with van der Waals surface area (Å²) >= 11 is 1.21. The van der Waals surface area contributed by atoms with Gasteiger partial charge in [0.15, 0.2) is 0 Å². The molecule has 0 unspecified atom stereocenters. The third-order valence-electron chi connectivity index (χ3n) is 4.96. The van der Waals surface area contributed by atoms with E-state index in [9.17, 15) is 35.9 Å². The second-order valence-electron chi connectivity index (χ2n) is 7.49. The molecule has 0 saturated carbocycles. The van der Waals surface area contributed by atoms with Crippen molar-refractivity contribution in [1.82, 2.24) is 18.9 Å². The molecule has 0 aliphatic rings. The summed E-state index contributed by atoms with van der Waals surface area (Å²) in [4.78, 5) is 34.5. The minimum absolute atomic E-state index is 0.116. The number of hydrogen-bond acceptors (Lipinski definition) is 6. The number of fused-ring (bicyclic) bond motifs is 1. The van der Waals surface area contributed by atoms with Gasteiger partial charge < -0.3 is 10.8 Å². The van der Waals surface area contributed by atoms with Crippen LogP contribution in [0.3, 0.4) is 0 Å². The van der Waals surface area contributed by atoms with Gasteiger partial charge in [0.05, 0.1) is 18.6 Å². The van der Waals surface area contributed by atoms with Crippen molar-refractivity contribution in [3.8, 4) is 5.00 Å². The van der Waals surface area contributed by atoms with Gasteiger partial charge in [-0.05, 0) is 24.3 Å². The molecule has 0 aliphatic carbocycles. The number of hydrogen-bond donors (Lipinski definition) is 2. The Morgan fingerprint density at radius 1 is 1.08 bits per heavy atom. The number of carboxylic acids is 1. The maximum Gasteiger partial charge on any atom is 0.490 e. The van der Waals surface area contributed by atoms with Crippen molar-refractivity contribution in [2.75, 3.05) is 6.54 Å². The van der Waals surface area contributed by atoms with E-state index in [0.29, 0.717) is 15.3 Å². The Hall–Kier alpha value is -4.18. The van der Waals surface area contributed by atoms with Gasteiger partial charge in [0.25, 0.3) is 11.6 Å². The van der Waals surface area contributed by atoms with Gasteiger partial charge in [-0.2, -0.15) is 27.1 Å². The second-order valence-corrected chi connectivity index (χ2v) is 8.64. The number of para-hydroxylation sites is 1. The van der Waals surface area contributed by atoms with Crippen LogP contribution in [0.1, 0.15) is 4.88 Å². The van der Waals surface area contributed by atoms with Crippen LogP contribution >= 0.6 is 11.3 Å². The molecule has 0 aliphatic heterocycles. The monoisotopic (exact) mass is 561 g/mol. The third-order valence-corrected chi connectivity index (χ3v) is 6.01. The SMILES string of the molecule is NCC(Cn1ncn(Cc2ccc(-n3c(=O)ccc4cccc(F)c43)s2)c1=O)=C(F)F.O=C(O)C(F)(F)F. The normalized spacial score (nSPS) is 11.2. The Labute approximate surface area is 212 Å². The topological polar surface area (TPSA) is 125 Å². The maximum atomic E-state index is 14.4. The van der Waals surface area contributed by atoms with Gasteiger partial charge in [0, 0.05) is 28.4 Å². The number of rotatable bonds is 6. The first-order valence-electron chi connectivity index (χ1n) is 10.4. The van der Waals surface area contributed by atoms with Crippen molar-refractivity contribution in [3.63, 3.8) is 0 Å². The lowest BCUT2D eigenvalue weighted by molar-refractivity contribution is -0.192. The Balaban J connectivity index is 0.000000505. The highest BCUT2D eigenvalue weighted by molar-refractivity contribution is 7.14. The van der Waals surface area contributed by atoms with E-state index >= 15 is 0 Å². The van der Waals surface area contributed by atoms with Crippen LogP contribution in [0.4, 0.5) is 26.3 Å². The first-order chi connectivity index (χ1) is 17.8. The fourth-order valence-corrected chi connectivity index (χ4v) is 4.19. The molecule has 0 spiro atoms. The summed E-state index contributed by atoms with van der Waals surface area (Å²) < 4.78 is 75.2. The minimum Gasteiger partial charge on any atom is -0.475 e. The average molecular weight is 561 g/mol. The summed E-state index contributed by atoms with van der Waals surface area (Å²) in [6.45, 7) is -0.664. The standard InChI is InChI=1S/C20H16F3N5O2S.C2HF3O2/c21-15-3-1-2-12-4-6-16(29)28(18(12)15)17-7-5-14(31-17)10-26-11-25-27(20(26)30)9-13(8-24)19(22)23;3-2(4,5)1(6)7/h1-7,11H,8-10,24H2;(H,6,7). The molecular weight excluding hydrogens is 544 g/mol. The molecule has 3 N–H and O–H groups in total. The van der Waals surface area contributed by atoms with E-state index in [1.165, 1.54) is 38.9 Å². The number of carboxylic acid groups (broad SMARTS) is 1. The zero-order chi connectivity index (χ0) is 28.2. The van der Waals surface area contributed by atoms with Crippen LogP contribution in [-0.2, 0) is 17.9 Å². The molecule has 0 fully saturated rings. The first-order valence-corrected chi connectivity index (χ1v) is 11.2. The van der Waals surface area contributed by atoms with Crippen LogP contribution in [0.2, 0.25) is 0 Å². The minimum atomic E-state index is -5.08. The van der Waals surface area contributed by atoms with Gasteiger partial charge in [0.2, 0.25) is 0 Å². The summed E-state index contributed by atoms with van der Waals surface area (Å²) in [5, 5.41) is 12.1. The van der Waals surface area contributed by atoms with E-state index in [4.69, 9.17) is 15.6 Å². The fraction of sp³-hybridized carbons (Fsp3) is 0.182. The quantitative estimate of drug-likeness (QED) is 0.348. The van der Waals surface area contributed by atoms with Gasteiger partial charge in [-0.3, -0.25) is 13.9 Å². The number of alkyl halides is 3. The third kappa shape index (κ3) is 6.38. The molecule has 16 heteroatoms. The van der Waals surface area contributed by atoms with Crippen LogP contribution < -0.4 is 17.0 Å². The van der Waals surface area contributed by atoms with Crippen molar-refractivity contribution in [2.45, 2.75) is 19.3 Å². The Morgan fingerprint density at radius 3 is 2.37 bits per heavy atom. The van der Waals surface area contributed by atoms with E-state index in [2.05, 4.69) is 5.10 Å². The largest absolute Gasteiger partial charge is 0.490 e. The van der Waals surface area contributed by atoms with Gasteiger partial charge in [-0.15, -0.1) is 11.3 Å². The molecule has 38 heavy (non-hydrogen) atoms. The van der Waals surface area contributed by atoms with E-state index in [1.807, 2.05) is 0 Å². The van der Waals surface area contributed by atoms with Crippen LogP contribution in [-0.4, -0.2) is 42.7 Å². The molecule has 0 atom stereocenters. The van der Waals surface area contributed by atoms with Gasteiger partial charge >= 0.3 is 17.8 Å². The summed E-state index contributed by atoms with van der Waals surface area (Å²) in [5.41, 5.74) is 4.12. The number of benzene rings is 1. The average Bonchev–Trinajstić information content (AvgIpc) is 3.44. The Kier molecular flexibility index (Phi) is 8.57. The lowest BCUT2D eigenvalue weighted by Gasteiger charge is -2.08. The van der Waals surface area contributed by atoms with Crippen molar-refractivity contribution in [3.05, 3.63) is 92.0 Å². The Morgan fingerprint density at radius 2 is 1.76 bits per heavy atom. The highest BCUT2D eigenvalue weighted by Crippen LogP contribution is 2.25. The molecule has 0 bridgehead atoms. The number of aromatic nitrogens is 4. The van der Waals surface area contributed by atoms with E-state index in [1.54, 1.807) is 30.3 Å². The van der Waals surface area contributed by atoms with Gasteiger partial charge in [0.1, 0.15) is 17.1 Å². The molecule has 9 nitrogen and oxygen atoms in total. The zero-order valence-corrected chi connectivity index (χ0v) is 19.8. The zero-order valence-electron chi connectivity index (χ0n) is 19.0. The summed E-state index contributed by atoms with van der Waals surface area (Å²) in [6.07, 6.45) is -5.77. The molecule has 4 rings (SSSR count). The Bertz CT molecular complexity index is 1610. The lowest BCUT2D eigenvalue weighted by Crippen LogP contribution is -2.27. The maximum absolute atomic E-state index is 14.4. The number of aliphatic carboxylic acids is 1. The number of halogens is 6. The highest BCUT2D eigenvalue weighted by Gasteiger charge is 2.38. The predicted molar refractivity (Wildman–Crippen MR) is 125 cm³/mol. The van der Waals surface area contributed by atoms with Crippen molar-refractivity contribution in [2.24, 2.45) is 5.73 Å². The van der Waals surface area contributed by atoms with E-state index in [-0.39, 0.29) is 29.7 Å². The van der Waals surface area contributed by atoms with Gasteiger partial charge in [-0.25, -0.2) is 18.7 Å². The molecule has 3 heterocycles. The molecule has 1 aromatic carbocycles. The summed E-state index contributed by atoms with van der Waals surface area (Å²) in [6, 6.07) is 10.9. The smallest absolute Gasteiger partial charge is 0.475 e. The molecule has 0 saturated heterocycles. The molecular formula is C22H17F6N5O4S. The molecule has 4 aromatic rings.